The molecule has 1 heterocycles. The number of nitriles is 1. The maximum atomic E-state index is 13.5. The summed E-state index contributed by atoms with van der Waals surface area (Å²) in [5.41, 5.74) is -1.19. The molecule has 1 aromatic carbocycles. The van der Waals surface area contributed by atoms with Gasteiger partial charge in [-0.1, -0.05) is 0 Å². The van der Waals surface area contributed by atoms with Crippen molar-refractivity contribution >= 4 is 15.7 Å². The van der Waals surface area contributed by atoms with Crippen molar-refractivity contribution in [3.8, 4) is 6.07 Å². The Morgan fingerprint density at radius 3 is 2.52 bits per heavy atom. The Bertz CT molecular complexity index is 847. The standard InChI is InChI=1S/C12H6F3N3O2S/c13-7-3-4-8(12(15)11(7)14)18-21(19,20)10-2-1-5-17-9(10)6-16/h1-5,18H. The third-order valence-corrected chi connectivity index (χ3v) is 3.84. The fraction of sp³-hybridized carbons (Fsp3) is 0. The number of hydrogen-bond donors (Lipinski definition) is 1. The number of benzene rings is 1. The van der Waals surface area contributed by atoms with E-state index in [1.807, 2.05) is 0 Å². The first-order valence-electron chi connectivity index (χ1n) is 5.38. The second-order valence-electron chi connectivity index (χ2n) is 3.79. The van der Waals surface area contributed by atoms with E-state index in [4.69, 9.17) is 5.26 Å². The first-order chi connectivity index (χ1) is 9.86. The van der Waals surface area contributed by atoms with Crippen molar-refractivity contribution in [1.82, 2.24) is 4.98 Å². The van der Waals surface area contributed by atoms with Crippen LogP contribution in [0.15, 0.2) is 35.4 Å². The van der Waals surface area contributed by atoms with Gasteiger partial charge in [-0.2, -0.15) is 5.26 Å². The molecule has 5 nitrogen and oxygen atoms in total. The van der Waals surface area contributed by atoms with Gasteiger partial charge in [-0.25, -0.2) is 26.6 Å². The quantitative estimate of drug-likeness (QED) is 0.880. The number of sulfonamides is 1. The first kappa shape index (κ1) is 14.8. The smallest absolute Gasteiger partial charge is 0.264 e. The monoisotopic (exact) mass is 313 g/mol. The molecule has 0 fully saturated rings. The second-order valence-corrected chi connectivity index (χ2v) is 5.44. The lowest BCUT2D eigenvalue weighted by molar-refractivity contribution is 0.449. The van der Waals surface area contributed by atoms with Gasteiger partial charge in [0.25, 0.3) is 10.0 Å². The number of halogens is 3. The highest BCUT2D eigenvalue weighted by Gasteiger charge is 2.22. The number of nitrogens with one attached hydrogen (secondary N) is 1. The Morgan fingerprint density at radius 2 is 1.86 bits per heavy atom. The van der Waals surface area contributed by atoms with Crippen LogP contribution < -0.4 is 4.72 Å². The lowest BCUT2D eigenvalue weighted by Crippen LogP contribution is -2.16. The van der Waals surface area contributed by atoms with E-state index in [0.29, 0.717) is 6.07 Å². The van der Waals surface area contributed by atoms with Crippen LogP contribution in [0, 0.1) is 28.8 Å². The Labute approximate surface area is 117 Å². The van der Waals surface area contributed by atoms with Gasteiger partial charge < -0.3 is 0 Å². The molecule has 0 aliphatic heterocycles. The molecule has 2 rings (SSSR count). The van der Waals surface area contributed by atoms with Gasteiger partial charge in [0, 0.05) is 6.20 Å². The molecule has 1 aromatic heterocycles. The molecule has 0 aliphatic carbocycles. The number of anilines is 1. The van der Waals surface area contributed by atoms with Crippen molar-refractivity contribution in [2.75, 3.05) is 4.72 Å². The van der Waals surface area contributed by atoms with Gasteiger partial charge in [0.15, 0.2) is 23.1 Å². The Kier molecular flexibility index (Phi) is 3.82. The minimum atomic E-state index is -4.37. The van der Waals surface area contributed by atoms with Gasteiger partial charge in [0.05, 0.1) is 5.69 Å². The zero-order chi connectivity index (χ0) is 15.6. The number of rotatable bonds is 3. The van der Waals surface area contributed by atoms with E-state index >= 15 is 0 Å². The average molecular weight is 313 g/mol. The zero-order valence-corrected chi connectivity index (χ0v) is 11.0. The molecule has 0 saturated heterocycles. The molecular weight excluding hydrogens is 307 g/mol. The van der Waals surface area contributed by atoms with Crippen LogP contribution >= 0.6 is 0 Å². The van der Waals surface area contributed by atoms with Crippen molar-refractivity contribution in [3.05, 3.63) is 53.6 Å². The number of pyridine rings is 1. The van der Waals surface area contributed by atoms with Crippen LogP contribution in [0.4, 0.5) is 18.9 Å². The zero-order valence-electron chi connectivity index (χ0n) is 10.1. The maximum absolute atomic E-state index is 13.5. The van der Waals surface area contributed by atoms with Crippen LogP contribution in [0.5, 0.6) is 0 Å². The molecule has 21 heavy (non-hydrogen) atoms. The molecule has 0 amide bonds. The number of hydrogen-bond acceptors (Lipinski definition) is 4. The third-order valence-electron chi connectivity index (χ3n) is 2.45. The highest BCUT2D eigenvalue weighted by Crippen LogP contribution is 2.23. The average Bonchev–Trinajstić information content (AvgIpc) is 2.48. The molecule has 108 valence electrons. The molecule has 0 bridgehead atoms. The van der Waals surface area contributed by atoms with Crippen LogP contribution in [0.2, 0.25) is 0 Å². The molecule has 0 spiro atoms. The molecule has 0 radical (unpaired) electrons. The van der Waals surface area contributed by atoms with E-state index in [2.05, 4.69) is 4.98 Å². The van der Waals surface area contributed by atoms with Gasteiger partial charge in [0.2, 0.25) is 0 Å². The van der Waals surface area contributed by atoms with Crippen LogP contribution in [0.1, 0.15) is 5.69 Å². The van der Waals surface area contributed by atoms with Crippen molar-refractivity contribution in [1.29, 1.82) is 5.26 Å². The predicted molar refractivity (Wildman–Crippen MR) is 66.1 cm³/mol. The Morgan fingerprint density at radius 1 is 1.14 bits per heavy atom. The normalized spacial score (nSPS) is 11.0. The van der Waals surface area contributed by atoms with Crippen LogP contribution in [-0.2, 0) is 10.0 Å². The van der Waals surface area contributed by atoms with Crippen molar-refractivity contribution in [3.63, 3.8) is 0 Å². The summed E-state index contributed by atoms with van der Waals surface area (Å²) in [6.07, 6.45) is 1.20. The summed E-state index contributed by atoms with van der Waals surface area (Å²) >= 11 is 0. The van der Waals surface area contributed by atoms with E-state index in [1.165, 1.54) is 12.3 Å². The van der Waals surface area contributed by atoms with Crippen molar-refractivity contribution in [2.45, 2.75) is 4.90 Å². The number of aromatic nitrogens is 1. The largest absolute Gasteiger partial charge is 0.276 e. The maximum Gasteiger partial charge on any atom is 0.264 e. The second kappa shape index (κ2) is 5.41. The van der Waals surface area contributed by atoms with Crippen LogP contribution in [0.3, 0.4) is 0 Å². The molecule has 0 aliphatic rings. The summed E-state index contributed by atoms with van der Waals surface area (Å²) in [5, 5.41) is 8.79. The Hall–Kier alpha value is -2.60. The molecule has 1 N–H and O–H groups in total. The van der Waals surface area contributed by atoms with Gasteiger partial charge >= 0.3 is 0 Å². The van der Waals surface area contributed by atoms with E-state index in [9.17, 15) is 21.6 Å². The predicted octanol–water partition coefficient (Wildman–Crippen LogP) is 2.17. The summed E-state index contributed by atoms with van der Waals surface area (Å²) in [7, 11) is -4.37. The van der Waals surface area contributed by atoms with Gasteiger partial charge in [0.1, 0.15) is 11.0 Å². The summed E-state index contributed by atoms with van der Waals surface area (Å²) < 4.78 is 65.2. The lowest BCUT2D eigenvalue weighted by atomic mass is 10.3. The third kappa shape index (κ3) is 2.80. The number of nitrogens with zero attached hydrogens (tertiary/aromatic N) is 2. The summed E-state index contributed by atoms with van der Waals surface area (Å²) in [4.78, 5) is 3.05. The molecule has 2 aromatic rings. The van der Waals surface area contributed by atoms with Gasteiger partial charge in [-0.15, -0.1) is 0 Å². The SMILES string of the molecule is N#Cc1ncccc1S(=O)(=O)Nc1ccc(F)c(F)c1F. The van der Waals surface area contributed by atoms with Crippen LogP contribution in [-0.4, -0.2) is 13.4 Å². The van der Waals surface area contributed by atoms with Crippen molar-refractivity contribution in [2.24, 2.45) is 0 Å². The topological polar surface area (TPSA) is 82.8 Å². The lowest BCUT2D eigenvalue weighted by Gasteiger charge is -2.10. The summed E-state index contributed by atoms with van der Waals surface area (Å²) in [6.45, 7) is 0. The van der Waals surface area contributed by atoms with E-state index in [-0.39, 0.29) is 0 Å². The molecule has 0 atom stereocenters. The molecular formula is C12H6F3N3O2S. The minimum absolute atomic E-state index is 0.409. The van der Waals surface area contributed by atoms with Crippen LogP contribution in [0.25, 0.3) is 0 Å². The van der Waals surface area contributed by atoms with Gasteiger partial charge in [-0.05, 0) is 24.3 Å². The minimum Gasteiger partial charge on any atom is -0.276 e. The van der Waals surface area contributed by atoms with E-state index in [1.54, 1.807) is 10.8 Å². The first-order valence-corrected chi connectivity index (χ1v) is 6.86. The van der Waals surface area contributed by atoms with Gasteiger partial charge in [-0.3, -0.25) is 4.72 Å². The molecule has 0 unspecified atom stereocenters. The highest BCUT2D eigenvalue weighted by atomic mass is 32.2. The highest BCUT2D eigenvalue weighted by molar-refractivity contribution is 7.92. The van der Waals surface area contributed by atoms with Crippen molar-refractivity contribution < 1.29 is 21.6 Å². The molecule has 9 heteroatoms. The van der Waals surface area contributed by atoms with E-state index < -0.39 is 43.8 Å². The fourth-order valence-electron chi connectivity index (χ4n) is 1.50. The fourth-order valence-corrected chi connectivity index (χ4v) is 2.66. The summed E-state index contributed by atoms with van der Waals surface area (Å²) in [6, 6.07) is 5.20. The molecule has 0 saturated carbocycles. The summed E-state index contributed by atoms with van der Waals surface area (Å²) in [5.74, 6) is -4.93. The Balaban J connectivity index is 2.48. The van der Waals surface area contributed by atoms with E-state index in [0.717, 1.165) is 12.1 Å².